The Morgan fingerprint density at radius 1 is 1.24 bits per heavy atom. The summed E-state index contributed by atoms with van der Waals surface area (Å²) in [6.45, 7) is 7.44. The molecule has 34 heavy (non-hydrogen) atoms. The van der Waals surface area contributed by atoms with Crippen LogP contribution < -0.4 is 0 Å². The number of Topliss-reactive ketones (excluding diaryl/α,β-unsaturated/α-hetero) is 2. The zero-order chi connectivity index (χ0) is 25.1. The van der Waals surface area contributed by atoms with Gasteiger partial charge in [-0.1, -0.05) is 38.8 Å². The van der Waals surface area contributed by atoms with E-state index in [-0.39, 0.29) is 42.8 Å². The van der Waals surface area contributed by atoms with E-state index < -0.39 is 45.6 Å². The molecule has 0 heterocycles. The molecule has 3 saturated carbocycles. The number of halogens is 2. The van der Waals surface area contributed by atoms with Gasteiger partial charge in [0.2, 0.25) is 0 Å². The van der Waals surface area contributed by atoms with Crippen molar-refractivity contribution in [1.29, 1.82) is 0 Å². The van der Waals surface area contributed by atoms with E-state index in [4.69, 9.17) is 16.3 Å². The fraction of sp³-hybridized carbons (Fsp3) is 0.704. The maximum atomic E-state index is 17.2. The Labute approximate surface area is 205 Å². The van der Waals surface area contributed by atoms with Gasteiger partial charge in [0, 0.05) is 29.6 Å². The molecule has 4 rings (SSSR count). The van der Waals surface area contributed by atoms with Crippen LogP contribution in [0.15, 0.2) is 23.8 Å². The molecule has 0 aromatic heterocycles. The number of fused-ring (bicyclic) bond motifs is 5. The molecule has 0 aromatic carbocycles. The second-order valence-electron chi connectivity index (χ2n) is 11.1. The highest BCUT2D eigenvalue weighted by atomic mass is 35.5. The molecule has 0 saturated heterocycles. The van der Waals surface area contributed by atoms with Crippen molar-refractivity contribution in [2.24, 2.45) is 28.6 Å². The molecule has 7 atom stereocenters. The Morgan fingerprint density at radius 3 is 2.59 bits per heavy atom. The van der Waals surface area contributed by atoms with E-state index in [1.807, 2.05) is 13.8 Å². The summed E-state index contributed by atoms with van der Waals surface area (Å²) in [6, 6.07) is 0. The van der Waals surface area contributed by atoms with Crippen molar-refractivity contribution in [3.05, 3.63) is 23.8 Å². The van der Waals surface area contributed by atoms with Crippen LogP contribution in [-0.2, 0) is 23.9 Å². The summed E-state index contributed by atoms with van der Waals surface area (Å²) in [7, 11) is 0. The summed E-state index contributed by atoms with van der Waals surface area (Å²) in [6.07, 6.45) is 6.89. The number of carbonyl (C=O) groups excluding carboxylic acids is 4. The van der Waals surface area contributed by atoms with Gasteiger partial charge >= 0.3 is 5.97 Å². The first-order valence-electron chi connectivity index (χ1n) is 12.4. The van der Waals surface area contributed by atoms with Crippen LogP contribution in [0.3, 0.4) is 0 Å². The Hall–Kier alpha value is -1.82. The third-order valence-corrected chi connectivity index (χ3v) is 9.69. The van der Waals surface area contributed by atoms with Crippen molar-refractivity contribution in [1.82, 2.24) is 0 Å². The van der Waals surface area contributed by atoms with Crippen molar-refractivity contribution in [2.45, 2.75) is 83.9 Å². The van der Waals surface area contributed by atoms with Gasteiger partial charge in [-0.2, -0.15) is 0 Å². The monoisotopic (exact) mass is 492 g/mol. The smallest absolute Gasteiger partial charge is 0.306 e. The fourth-order valence-electron chi connectivity index (χ4n) is 7.68. The highest BCUT2D eigenvalue weighted by molar-refractivity contribution is 6.29. The normalized spacial score (nSPS) is 43.0. The van der Waals surface area contributed by atoms with Crippen molar-refractivity contribution in [3.63, 3.8) is 0 Å². The second kappa shape index (κ2) is 8.39. The lowest BCUT2D eigenvalue weighted by molar-refractivity contribution is -0.198. The van der Waals surface area contributed by atoms with Crippen LogP contribution in [0.1, 0.15) is 72.6 Å². The lowest BCUT2D eigenvalue weighted by atomic mass is 9.43. The largest absolute Gasteiger partial charge is 0.450 e. The van der Waals surface area contributed by atoms with E-state index in [0.29, 0.717) is 24.8 Å². The first-order valence-corrected chi connectivity index (χ1v) is 12.9. The van der Waals surface area contributed by atoms with Gasteiger partial charge in [0.05, 0.1) is 5.88 Å². The van der Waals surface area contributed by atoms with Gasteiger partial charge < -0.3 is 4.74 Å². The topological polar surface area (TPSA) is 77.5 Å². The average Bonchev–Trinajstić information content (AvgIpc) is 3.07. The fourth-order valence-corrected chi connectivity index (χ4v) is 7.89. The Bertz CT molecular complexity index is 1000. The predicted octanol–water partition coefficient (Wildman–Crippen LogP) is 5.09. The standard InChI is InChI=1S/C27H34ClFO5/c1-5-6-7-23(33)34-26(22(32)15-28)11-9-18-20-12-16(2)19-13-17(30)8-10-24(19,3)27(20,29)21(31)14-25(18,26)4/h8,10,13,16,18,20H,5-7,9,11-12,14-15H2,1-4H3/t16?,18-,20-,24-,25-,26-,27-/m0/s1. The first-order chi connectivity index (χ1) is 15.9. The zero-order valence-electron chi connectivity index (χ0n) is 20.4. The summed E-state index contributed by atoms with van der Waals surface area (Å²) in [4.78, 5) is 51.9. The first kappa shape index (κ1) is 25.3. The second-order valence-corrected chi connectivity index (χ2v) is 11.4. The molecule has 0 bridgehead atoms. The van der Waals surface area contributed by atoms with E-state index in [1.165, 1.54) is 12.2 Å². The number of rotatable bonds is 6. The van der Waals surface area contributed by atoms with E-state index in [0.717, 1.165) is 6.42 Å². The molecule has 4 aliphatic rings. The summed E-state index contributed by atoms with van der Waals surface area (Å²) in [5.74, 6) is -3.11. The van der Waals surface area contributed by atoms with Crippen molar-refractivity contribution >= 4 is 34.9 Å². The van der Waals surface area contributed by atoms with Gasteiger partial charge in [0.25, 0.3) is 0 Å². The van der Waals surface area contributed by atoms with Crippen LogP contribution in [0.5, 0.6) is 0 Å². The Kier molecular flexibility index (Phi) is 6.24. The minimum atomic E-state index is -2.20. The minimum absolute atomic E-state index is 0.103. The van der Waals surface area contributed by atoms with Gasteiger partial charge in [0.1, 0.15) is 0 Å². The van der Waals surface area contributed by atoms with E-state index >= 15 is 4.39 Å². The zero-order valence-corrected chi connectivity index (χ0v) is 21.2. The third kappa shape index (κ3) is 3.16. The SMILES string of the molecule is CCCCC(=O)O[C@]1(C(=O)CCl)CC[C@H]2[C@@H]3CC(C)C4=CC(=O)C=C[C@]4(C)[C@@]3(F)C(=O)C[C@@]21C. The number of unbranched alkanes of at least 4 members (excludes halogenated alkanes) is 1. The van der Waals surface area contributed by atoms with Crippen molar-refractivity contribution in [3.8, 4) is 0 Å². The van der Waals surface area contributed by atoms with Gasteiger partial charge in [-0.3, -0.25) is 19.2 Å². The molecule has 3 fully saturated rings. The van der Waals surface area contributed by atoms with Crippen LogP contribution in [0.25, 0.3) is 0 Å². The number of allylic oxidation sites excluding steroid dienone is 4. The lowest BCUT2D eigenvalue weighted by Crippen LogP contribution is -2.69. The van der Waals surface area contributed by atoms with Crippen LogP contribution in [0, 0.1) is 28.6 Å². The molecule has 0 radical (unpaired) electrons. The molecule has 4 aliphatic carbocycles. The quantitative estimate of drug-likeness (QED) is 0.381. The van der Waals surface area contributed by atoms with Crippen LogP contribution in [0.2, 0.25) is 0 Å². The summed E-state index contributed by atoms with van der Waals surface area (Å²) in [5, 5.41) is 0. The van der Waals surface area contributed by atoms with Crippen LogP contribution >= 0.6 is 11.6 Å². The van der Waals surface area contributed by atoms with Gasteiger partial charge in [0.15, 0.2) is 28.6 Å². The highest BCUT2D eigenvalue weighted by Crippen LogP contribution is 2.70. The molecule has 7 heteroatoms. The molecule has 5 nitrogen and oxygen atoms in total. The molecule has 0 amide bonds. The number of ether oxygens (including phenoxy) is 1. The molecular formula is C27H34ClFO5. The van der Waals surface area contributed by atoms with E-state index in [2.05, 4.69) is 0 Å². The Balaban J connectivity index is 1.79. The average molecular weight is 493 g/mol. The van der Waals surface area contributed by atoms with Crippen molar-refractivity contribution < 1.29 is 28.3 Å². The van der Waals surface area contributed by atoms with Crippen molar-refractivity contribution in [2.75, 3.05) is 5.88 Å². The number of esters is 1. The maximum absolute atomic E-state index is 17.2. The molecule has 0 N–H and O–H groups in total. The molecule has 186 valence electrons. The van der Waals surface area contributed by atoms with Crippen LogP contribution in [-0.4, -0.2) is 40.5 Å². The Morgan fingerprint density at radius 2 is 1.94 bits per heavy atom. The number of ketones is 3. The lowest BCUT2D eigenvalue weighted by Gasteiger charge is -2.61. The van der Waals surface area contributed by atoms with Gasteiger partial charge in [-0.05, 0) is 56.6 Å². The summed E-state index contributed by atoms with van der Waals surface area (Å²) in [5.41, 5.74) is -5.33. The summed E-state index contributed by atoms with van der Waals surface area (Å²) >= 11 is 6.01. The number of hydrogen-bond donors (Lipinski definition) is 0. The van der Waals surface area contributed by atoms with E-state index in [1.54, 1.807) is 19.9 Å². The predicted molar refractivity (Wildman–Crippen MR) is 126 cm³/mol. The molecule has 1 unspecified atom stereocenters. The number of alkyl halides is 2. The molecule has 0 spiro atoms. The maximum Gasteiger partial charge on any atom is 0.306 e. The molecular weight excluding hydrogens is 459 g/mol. The van der Waals surface area contributed by atoms with E-state index in [9.17, 15) is 19.2 Å². The molecule has 0 aromatic rings. The number of hydrogen-bond acceptors (Lipinski definition) is 5. The molecule has 0 aliphatic heterocycles. The minimum Gasteiger partial charge on any atom is -0.450 e. The number of carbonyl (C=O) groups is 4. The van der Waals surface area contributed by atoms with Crippen LogP contribution in [0.4, 0.5) is 4.39 Å². The third-order valence-electron chi connectivity index (χ3n) is 9.45. The summed E-state index contributed by atoms with van der Waals surface area (Å²) < 4.78 is 23.2. The highest BCUT2D eigenvalue weighted by Gasteiger charge is 2.76. The van der Waals surface area contributed by atoms with Gasteiger partial charge in [-0.25, -0.2) is 4.39 Å². The van der Waals surface area contributed by atoms with Gasteiger partial charge in [-0.15, -0.1) is 11.6 Å².